The first-order valence-electron chi connectivity index (χ1n) is 8.20. The monoisotopic (exact) mass is 374 g/mol. The predicted octanol–water partition coefficient (Wildman–Crippen LogP) is 3.20. The molecule has 0 unspecified atom stereocenters. The highest BCUT2D eigenvalue weighted by atomic mass is 35.5. The van der Waals surface area contributed by atoms with Gasteiger partial charge in [0.25, 0.3) is 0 Å². The molecule has 0 radical (unpaired) electrons. The van der Waals surface area contributed by atoms with Gasteiger partial charge in [-0.05, 0) is 37.3 Å². The Morgan fingerprint density at radius 3 is 2.58 bits per heavy atom. The zero-order valence-electron chi connectivity index (χ0n) is 14.2. The van der Waals surface area contributed by atoms with Gasteiger partial charge in [0.05, 0.1) is 18.1 Å². The molecule has 0 spiro atoms. The van der Waals surface area contributed by atoms with Crippen molar-refractivity contribution in [1.29, 1.82) is 0 Å². The normalized spacial score (nSPS) is 19.3. The van der Waals surface area contributed by atoms with Crippen molar-refractivity contribution in [3.05, 3.63) is 59.1 Å². The number of carbonyl (C=O) groups excluding carboxylic acids is 2. The van der Waals surface area contributed by atoms with E-state index in [-0.39, 0.29) is 29.9 Å². The van der Waals surface area contributed by atoms with Crippen LogP contribution in [-0.2, 0) is 0 Å². The molecule has 2 atom stereocenters. The zero-order chi connectivity index (χ0) is 18.7. The van der Waals surface area contributed by atoms with E-state index in [4.69, 9.17) is 16.3 Å². The van der Waals surface area contributed by atoms with E-state index in [1.165, 1.54) is 17.9 Å². The third kappa shape index (κ3) is 4.15. The molecule has 2 amide bonds. The number of β-amino-alcohol motifs (C(OH)–C–C–N with tert-alkyl or cyclic N) is 1. The van der Waals surface area contributed by atoms with E-state index < -0.39 is 12.2 Å². The van der Waals surface area contributed by atoms with Crippen LogP contribution in [0.1, 0.15) is 17.3 Å². The number of benzene rings is 2. The third-order valence-electron chi connectivity index (χ3n) is 4.15. The van der Waals surface area contributed by atoms with Crippen molar-refractivity contribution in [3.8, 4) is 5.75 Å². The lowest BCUT2D eigenvalue weighted by atomic mass is 10.1. The summed E-state index contributed by atoms with van der Waals surface area (Å²) in [5.74, 6) is 0.502. The number of urea groups is 1. The smallest absolute Gasteiger partial charge is 0.322 e. The van der Waals surface area contributed by atoms with Gasteiger partial charge in [0.15, 0.2) is 5.78 Å². The number of Topliss-reactive ketones (excluding diaryl/α,β-unsaturated/α-hetero) is 1. The summed E-state index contributed by atoms with van der Waals surface area (Å²) in [4.78, 5) is 25.3. The summed E-state index contributed by atoms with van der Waals surface area (Å²) in [5.41, 5.74) is 0.879. The van der Waals surface area contributed by atoms with Crippen LogP contribution in [-0.4, -0.2) is 47.1 Å². The van der Waals surface area contributed by atoms with Gasteiger partial charge in [-0.1, -0.05) is 29.8 Å². The van der Waals surface area contributed by atoms with Crippen LogP contribution in [0.5, 0.6) is 5.75 Å². The second-order valence-corrected chi connectivity index (χ2v) is 6.53. The number of carbonyl (C=O) groups is 2. The van der Waals surface area contributed by atoms with Crippen molar-refractivity contribution in [1.82, 2.24) is 4.90 Å². The molecule has 3 rings (SSSR count). The van der Waals surface area contributed by atoms with Gasteiger partial charge in [-0.2, -0.15) is 0 Å². The van der Waals surface area contributed by atoms with E-state index in [0.29, 0.717) is 17.0 Å². The van der Waals surface area contributed by atoms with Crippen LogP contribution in [0.4, 0.5) is 10.5 Å². The molecule has 0 bridgehead atoms. The highest BCUT2D eigenvalue weighted by molar-refractivity contribution is 6.34. The number of amides is 2. The van der Waals surface area contributed by atoms with Crippen molar-refractivity contribution in [3.63, 3.8) is 0 Å². The number of hydrogen-bond acceptors (Lipinski definition) is 4. The summed E-state index contributed by atoms with van der Waals surface area (Å²) >= 11 is 6.06. The van der Waals surface area contributed by atoms with Crippen LogP contribution in [0, 0.1) is 0 Å². The Hall–Kier alpha value is -2.57. The molecule has 136 valence electrons. The molecule has 7 heteroatoms. The second kappa shape index (κ2) is 7.76. The summed E-state index contributed by atoms with van der Waals surface area (Å²) in [7, 11) is 0. The quantitative estimate of drug-likeness (QED) is 0.805. The van der Waals surface area contributed by atoms with E-state index in [1.54, 1.807) is 24.3 Å². The van der Waals surface area contributed by atoms with Gasteiger partial charge in [0.1, 0.15) is 18.0 Å². The topological polar surface area (TPSA) is 78.9 Å². The second-order valence-electron chi connectivity index (χ2n) is 6.12. The van der Waals surface area contributed by atoms with Gasteiger partial charge in [0.2, 0.25) is 0 Å². The van der Waals surface area contributed by atoms with E-state index in [2.05, 4.69) is 5.32 Å². The summed E-state index contributed by atoms with van der Waals surface area (Å²) in [5, 5.41) is 13.2. The fourth-order valence-electron chi connectivity index (χ4n) is 2.79. The minimum atomic E-state index is -0.773. The van der Waals surface area contributed by atoms with E-state index in [0.717, 1.165) is 0 Å². The highest BCUT2D eigenvalue weighted by Gasteiger charge is 2.35. The number of ketones is 1. The number of anilines is 1. The van der Waals surface area contributed by atoms with Gasteiger partial charge in [-0.15, -0.1) is 0 Å². The predicted molar refractivity (Wildman–Crippen MR) is 98.9 cm³/mol. The maximum atomic E-state index is 12.4. The van der Waals surface area contributed by atoms with Crippen molar-refractivity contribution < 1.29 is 19.4 Å². The first-order chi connectivity index (χ1) is 12.4. The summed E-state index contributed by atoms with van der Waals surface area (Å²) in [6.07, 6.45) is -1.27. The molecular formula is C19H19ClN2O4. The summed E-state index contributed by atoms with van der Waals surface area (Å²) in [6.45, 7) is 1.86. The number of rotatable bonds is 4. The van der Waals surface area contributed by atoms with Crippen LogP contribution in [0.2, 0.25) is 5.02 Å². The fraction of sp³-hybridized carbons (Fsp3) is 0.263. The Bertz CT molecular complexity index is 812. The third-order valence-corrected chi connectivity index (χ3v) is 4.47. The molecule has 1 saturated heterocycles. The number of para-hydroxylation sites is 1. The summed E-state index contributed by atoms with van der Waals surface area (Å²) in [6, 6.07) is 13.5. The first kappa shape index (κ1) is 18.2. The lowest BCUT2D eigenvalue weighted by molar-refractivity contribution is 0.0737. The standard InChI is InChI=1S/C19H19ClN2O4/c1-12(23)15-8-7-13(9-16(15)20)21-19(25)22-10-17(24)18(11-22)26-14-5-3-2-4-6-14/h2-9,17-18,24H,10-11H2,1H3,(H,21,25)/t17-,18-/m1/s1. The number of nitrogens with zero attached hydrogens (tertiary/aromatic N) is 1. The first-order valence-corrected chi connectivity index (χ1v) is 8.58. The Morgan fingerprint density at radius 2 is 1.92 bits per heavy atom. The number of aliphatic hydroxyl groups excluding tert-OH is 1. The van der Waals surface area contributed by atoms with Crippen molar-refractivity contribution in [2.45, 2.75) is 19.1 Å². The Labute approximate surface area is 156 Å². The van der Waals surface area contributed by atoms with Crippen LogP contribution in [0.3, 0.4) is 0 Å². The molecule has 1 fully saturated rings. The number of aliphatic hydroxyl groups is 1. The van der Waals surface area contributed by atoms with Gasteiger partial charge in [-0.25, -0.2) is 4.79 Å². The lowest BCUT2D eigenvalue weighted by Gasteiger charge is -2.18. The number of ether oxygens (including phenoxy) is 1. The lowest BCUT2D eigenvalue weighted by Crippen LogP contribution is -2.34. The van der Waals surface area contributed by atoms with Crippen LogP contribution in [0.25, 0.3) is 0 Å². The molecule has 2 aromatic rings. The van der Waals surface area contributed by atoms with E-state index >= 15 is 0 Å². The van der Waals surface area contributed by atoms with Crippen molar-refractivity contribution in [2.24, 2.45) is 0 Å². The largest absolute Gasteiger partial charge is 0.486 e. The maximum Gasteiger partial charge on any atom is 0.322 e. The fourth-order valence-corrected chi connectivity index (χ4v) is 3.11. The molecular weight excluding hydrogens is 356 g/mol. The molecule has 2 N–H and O–H groups in total. The molecule has 1 heterocycles. The Balaban J connectivity index is 1.62. The average Bonchev–Trinajstić information content (AvgIpc) is 2.96. The Morgan fingerprint density at radius 1 is 1.19 bits per heavy atom. The average molecular weight is 375 g/mol. The minimum Gasteiger partial charge on any atom is -0.486 e. The van der Waals surface area contributed by atoms with Gasteiger partial charge in [-0.3, -0.25) is 4.79 Å². The number of halogens is 1. The highest BCUT2D eigenvalue weighted by Crippen LogP contribution is 2.23. The van der Waals surface area contributed by atoms with Crippen molar-refractivity contribution >= 4 is 29.1 Å². The van der Waals surface area contributed by atoms with E-state index in [1.807, 2.05) is 18.2 Å². The zero-order valence-corrected chi connectivity index (χ0v) is 14.9. The molecule has 0 aliphatic carbocycles. The van der Waals surface area contributed by atoms with Crippen LogP contribution in [0.15, 0.2) is 48.5 Å². The van der Waals surface area contributed by atoms with Crippen molar-refractivity contribution in [2.75, 3.05) is 18.4 Å². The van der Waals surface area contributed by atoms with Crippen LogP contribution >= 0.6 is 11.6 Å². The van der Waals surface area contributed by atoms with E-state index in [9.17, 15) is 14.7 Å². The van der Waals surface area contributed by atoms with Crippen LogP contribution < -0.4 is 10.1 Å². The number of nitrogens with one attached hydrogen (secondary N) is 1. The number of likely N-dealkylation sites (tertiary alicyclic amines) is 1. The molecule has 2 aromatic carbocycles. The van der Waals surface area contributed by atoms with Gasteiger partial charge < -0.3 is 20.1 Å². The Kier molecular flexibility index (Phi) is 5.44. The minimum absolute atomic E-state index is 0.142. The summed E-state index contributed by atoms with van der Waals surface area (Å²) < 4.78 is 5.75. The molecule has 0 saturated carbocycles. The molecule has 1 aliphatic heterocycles. The molecule has 6 nitrogen and oxygen atoms in total. The van der Waals surface area contributed by atoms with Gasteiger partial charge in [0, 0.05) is 11.3 Å². The molecule has 0 aromatic heterocycles. The SMILES string of the molecule is CC(=O)c1ccc(NC(=O)N2C[C@@H](O)[C@H](Oc3ccccc3)C2)cc1Cl. The van der Waals surface area contributed by atoms with Gasteiger partial charge >= 0.3 is 6.03 Å². The number of hydrogen-bond donors (Lipinski definition) is 2. The molecule has 1 aliphatic rings. The maximum absolute atomic E-state index is 12.4. The molecule has 26 heavy (non-hydrogen) atoms.